The van der Waals surface area contributed by atoms with E-state index in [2.05, 4.69) is 15.5 Å². The number of hydrogen-bond donors (Lipinski definition) is 1. The van der Waals surface area contributed by atoms with Crippen LogP contribution in [-0.4, -0.2) is 51.2 Å². The van der Waals surface area contributed by atoms with Gasteiger partial charge in [-0.2, -0.15) is 5.26 Å². The predicted molar refractivity (Wildman–Crippen MR) is 85.6 cm³/mol. The number of rotatable bonds is 9. The summed E-state index contributed by atoms with van der Waals surface area (Å²) in [5.74, 6) is -0.743. The van der Waals surface area contributed by atoms with Crippen molar-refractivity contribution in [2.45, 2.75) is 24.2 Å². The molecule has 0 aliphatic heterocycles. The highest BCUT2D eigenvalue weighted by molar-refractivity contribution is 7.92. The van der Waals surface area contributed by atoms with Crippen LogP contribution in [-0.2, 0) is 30.7 Å². The second-order valence-corrected chi connectivity index (χ2v) is 7.79. The molecule has 11 heteroatoms. The summed E-state index contributed by atoms with van der Waals surface area (Å²) in [5, 5.41) is 19.9. The molecule has 9 nitrogen and oxygen atoms in total. The van der Waals surface area contributed by atoms with Crippen molar-refractivity contribution >= 4 is 27.1 Å². The summed E-state index contributed by atoms with van der Waals surface area (Å²) < 4.78 is 32.4. The number of aromatic nitrogens is 2. The van der Waals surface area contributed by atoms with Crippen LogP contribution >= 0.6 is 11.3 Å². The maximum atomic E-state index is 11.9. The minimum atomic E-state index is -3.41. The van der Waals surface area contributed by atoms with Gasteiger partial charge in [0.05, 0.1) is 13.2 Å². The van der Waals surface area contributed by atoms with Crippen molar-refractivity contribution in [3.63, 3.8) is 0 Å². The van der Waals surface area contributed by atoms with Gasteiger partial charge in [0.15, 0.2) is 5.57 Å². The predicted octanol–water partition coefficient (Wildman–Crippen LogP) is 0.408. The van der Waals surface area contributed by atoms with Gasteiger partial charge in [-0.1, -0.05) is 18.3 Å². The molecule has 1 heterocycles. The van der Waals surface area contributed by atoms with E-state index in [4.69, 9.17) is 9.47 Å². The first-order chi connectivity index (χ1) is 11.3. The molecule has 0 unspecified atom stereocenters. The van der Waals surface area contributed by atoms with Crippen LogP contribution in [0.4, 0.5) is 0 Å². The fraction of sp³-hybridized carbons (Fsp3) is 0.538. The average Bonchev–Trinajstić information content (AvgIpc) is 3.00. The minimum Gasteiger partial charge on any atom is -0.459 e. The summed E-state index contributed by atoms with van der Waals surface area (Å²) in [7, 11) is -1.93. The van der Waals surface area contributed by atoms with Crippen molar-refractivity contribution in [2.75, 3.05) is 26.6 Å². The molecule has 1 aromatic heterocycles. The molecule has 0 bridgehead atoms. The molecule has 0 radical (unpaired) electrons. The lowest BCUT2D eigenvalue weighted by molar-refractivity contribution is -0.139. The number of esters is 1. The largest absolute Gasteiger partial charge is 0.459 e. The highest BCUT2D eigenvalue weighted by Crippen LogP contribution is 2.16. The van der Waals surface area contributed by atoms with Crippen LogP contribution < -0.4 is 5.32 Å². The molecule has 0 fully saturated rings. The lowest BCUT2D eigenvalue weighted by Crippen LogP contribution is -2.20. The number of hydrogen-bond acceptors (Lipinski definition) is 10. The Hall–Kier alpha value is -2.03. The summed E-state index contributed by atoms with van der Waals surface area (Å²) in [4.78, 5) is 11.9. The molecule has 1 N–H and O–H groups in total. The molecule has 0 saturated heterocycles. The van der Waals surface area contributed by atoms with Gasteiger partial charge in [-0.25, -0.2) is 13.2 Å². The van der Waals surface area contributed by atoms with Crippen LogP contribution in [0.1, 0.15) is 18.4 Å². The third-order valence-electron chi connectivity index (χ3n) is 2.71. The van der Waals surface area contributed by atoms with Crippen LogP contribution in [0.15, 0.2) is 15.6 Å². The lowest BCUT2D eigenvalue weighted by Gasteiger charge is -2.10. The second-order valence-electron chi connectivity index (χ2n) is 4.54. The van der Waals surface area contributed by atoms with Gasteiger partial charge < -0.3 is 14.8 Å². The fourth-order valence-corrected chi connectivity index (χ4v) is 3.15. The highest BCUT2D eigenvalue weighted by Gasteiger charge is 2.18. The van der Waals surface area contributed by atoms with Crippen LogP contribution in [0, 0.1) is 11.3 Å². The Labute approximate surface area is 144 Å². The van der Waals surface area contributed by atoms with Crippen molar-refractivity contribution in [1.29, 1.82) is 5.26 Å². The van der Waals surface area contributed by atoms with Crippen LogP contribution in [0.5, 0.6) is 0 Å². The Bertz CT molecular complexity index is 749. The number of carbonyl (C=O) groups is 1. The van der Waals surface area contributed by atoms with Crippen molar-refractivity contribution < 1.29 is 22.7 Å². The molecule has 0 aliphatic rings. The van der Waals surface area contributed by atoms with Crippen LogP contribution in [0.2, 0.25) is 0 Å². The van der Waals surface area contributed by atoms with Gasteiger partial charge in [0.2, 0.25) is 14.2 Å². The molecule has 0 atom stereocenters. The van der Waals surface area contributed by atoms with E-state index in [9.17, 15) is 18.5 Å². The van der Waals surface area contributed by atoms with E-state index in [0.717, 1.165) is 17.6 Å². The molecule has 0 saturated carbocycles. The Balaban J connectivity index is 2.82. The third-order valence-corrected chi connectivity index (χ3v) is 5.30. The molecule has 0 spiro atoms. The van der Waals surface area contributed by atoms with Gasteiger partial charge in [-0.05, 0) is 6.42 Å². The zero-order valence-corrected chi connectivity index (χ0v) is 15.2. The molecule has 132 valence electrons. The smallest absolute Gasteiger partial charge is 0.350 e. The normalized spacial score (nSPS) is 12.2. The van der Waals surface area contributed by atoms with Gasteiger partial charge in [-0.3, -0.25) is 0 Å². The molecule has 0 aromatic carbocycles. The van der Waals surface area contributed by atoms with Crippen LogP contribution in [0.25, 0.3) is 0 Å². The number of nitrogens with one attached hydrogen (secondary N) is 1. The van der Waals surface area contributed by atoms with E-state index < -0.39 is 15.8 Å². The maximum Gasteiger partial charge on any atom is 0.350 e. The fourth-order valence-electron chi connectivity index (χ4n) is 1.56. The number of ether oxygens (including phenoxy) is 2. The van der Waals surface area contributed by atoms with E-state index in [1.54, 1.807) is 6.92 Å². The maximum absolute atomic E-state index is 11.9. The van der Waals surface area contributed by atoms with Gasteiger partial charge in [0.25, 0.3) is 0 Å². The molecule has 1 aromatic rings. The minimum absolute atomic E-state index is 0.0472. The molecule has 0 amide bonds. The summed E-state index contributed by atoms with van der Waals surface area (Å²) in [6.07, 6.45) is 1.44. The zero-order chi connectivity index (χ0) is 18.2. The Morgan fingerprint density at radius 2 is 2.08 bits per heavy atom. The number of sulfone groups is 1. The SMILES string of the molecule is CC/C(NCc1nnc(S(C)(=O)=O)s1)=C(/C#N)C(=O)OCCOC. The summed E-state index contributed by atoms with van der Waals surface area (Å²) in [6, 6.07) is 1.82. The average molecular weight is 374 g/mol. The Morgan fingerprint density at radius 3 is 2.58 bits per heavy atom. The molecule has 1 rings (SSSR count). The molecule has 24 heavy (non-hydrogen) atoms. The molecular formula is C13H18N4O5S2. The number of carbonyl (C=O) groups excluding carboxylic acids is 1. The number of nitrogens with zero attached hydrogens (tertiary/aromatic N) is 3. The molecule has 0 aliphatic carbocycles. The van der Waals surface area contributed by atoms with Gasteiger partial charge >= 0.3 is 5.97 Å². The Kier molecular flexibility index (Phi) is 7.76. The number of methoxy groups -OCH3 is 1. The van der Waals surface area contributed by atoms with E-state index >= 15 is 0 Å². The number of allylic oxidation sites excluding steroid dienone is 1. The van der Waals surface area contributed by atoms with E-state index in [-0.39, 0.29) is 29.7 Å². The van der Waals surface area contributed by atoms with Crippen molar-refractivity contribution in [1.82, 2.24) is 15.5 Å². The van der Waals surface area contributed by atoms with Crippen LogP contribution in [0.3, 0.4) is 0 Å². The van der Waals surface area contributed by atoms with Gasteiger partial charge in [-0.15, -0.1) is 10.2 Å². The summed E-state index contributed by atoms with van der Waals surface area (Å²) in [6.45, 7) is 2.20. The second kappa shape index (κ2) is 9.31. The number of nitriles is 1. The van der Waals surface area contributed by atoms with Crippen molar-refractivity contribution in [3.05, 3.63) is 16.3 Å². The van der Waals surface area contributed by atoms with E-state index in [0.29, 0.717) is 17.1 Å². The van der Waals surface area contributed by atoms with E-state index in [1.807, 2.05) is 6.07 Å². The molecular weight excluding hydrogens is 356 g/mol. The standard InChI is InChI=1S/C13H18N4O5S2/c1-4-10(9(7-14)12(18)22-6-5-21-2)15-8-11-16-17-13(23-11)24(3,19)20/h15H,4-6,8H2,1-3H3/b10-9+. The van der Waals surface area contributed by atoms with Crippen molar-refractivity contribution in [3.8, 4) is 6.07 Å². The van der Waals surface area contributed by atoms with E-state index in [1.165, 1.54) is 7.11 Å². The summed E-state index contributed by atoms with van der Waals surface area (Å²) in [5.41, 5.74) is 0.248. The van der Waals surface area contributed by atoms with Crippen molar-refractivity contribution in [2.24, 2.45) is 0 Å². The topological polar surface area (TPSA) is 131 Å². The first kappa shape index (κ1) is 20.0. The van der Waals surface area contributed by atoms with Gasteiger partial charge in [0.1, 0.15) is 17.7 Å². The lowest BCUT2D eigenvalue weighted by atomic mass is 10.2. The summed E-state index contributed by atoms with van der Waals surface area (Å²) >= 11 is 0.926. The monoisotopic (exact) mass is 374 g/mol. The van der Waals surface area contributed by atoms with Gasteiger partial charge in [0, 0.05) is 19.1 Å². The Morgan fingerprint density at radius 1 is 1.38 bits per heavy atom. The first-order valence-electron chi connectivity index (χ1n) is 6.89. The first-order valence-corrected chi connectivity index (χ1v) is 9.59. The highest BCUT2D eigenvalue weighted by atomic mass is 32.2. The third kappa shape index (κ3) is 5.88. The zero-order valence-electron chi connectivity index (χ0n) is 13.5. The quantitative estimate of drug-likeness (QED) is 0.282.